The van der Waals surface area contributed by atoms with E-state index in [-0.39, 0.29) is 31.1 Å². The summed E-state index contributed by atoms with van der Waals surface area (Å²) in [4.78, 5) is 27.4. The average Bonchev–Trinajstić information content (AvgIpc) is 3.28. The van der Waals surface area contributed by atoms with Crippen LogP contribution in [-0.4, -0.2) is 43.8 Å². The van der Waals surface area contributed by atoms with Gasteiger partial charge in [0.2, 0.25) is 12.7 Å². The van der Waals surface area contributed by atoms with Gasteiger partial charge in [-0.2, -0.15) is 0 Å². The van der Waals surface area contributed by atoms with Gasteiger partial charge in [0.15, 0.2) is 17.6 Å². The molecule has 0 fully saturated rings. The van der Waals surface area contributed by atoms with Gasteiger partial charge in [0, 0.05) is 30.8 Å². The van der Waals surface area contributed by atoms with E-state index in [0.29, 0.717) is 36.0 Å². The molecule has 0 radical (unpaired) electrons. The molecule has 1 unspecified atom stereocenters. The number of anilines is 2. The fourth-order valence-corrected chi connectivity index (χ4v) is 3.88. The van der Waals surface area contributed by atoms with Crippen molar-refractivity contribution in [2.75, 3.05) is 30.1 Å². The van der Waals surface area contributed by atoms with Crippen LogP contribution in [0.1, 0.15) is 33.1 Å². The van der Waals surface area contributed by atoms with E-state index in [1.165, 1.54) is 0 Å². The first kappa shape index (κ1) is 21.8. The highest BCUT2D eigenvalue weighted by atomic mass is 16.7. The molecular formula is C24H29N3O5. The van der Waals surface area contributed by atoms with Gasteiger partial charge >= 0.3 is 0 Å². The molecule has 2 amide bonds. The lowest BCUT2D eigenvalue weighted by atomic mass is 10.1. The zero-order chi connectivity index (χ0) is 22.5. The molecule has 0 spiro atoms. The van der Waals surface area contributed by atoms with Crippen LogP contribution in [0.5, 0.6) is 17.2 Å². The number of rotatable bonds is 8. The van der Waals surface area contributed by atoms with Crippen LogP contribution in [0.3, 0.4) is 0 Å². The molecule has 2 N–H and O–H groups in total. The zero-order valence-electron chi connectivity index (χ0n) is 18.4. The Morgan fingerprint density at radius 2 is 1.84 bits per heavy atom. The van der Waals surface area contributed by atoms with Crippen molar-refractivity contribution in [3.05, 3.63) is 42.5 Å². The number of carbonyl (C=O) groups is 2. The van der Waals surface area contributed by atoms with Crippen molar-refractivity contribution in [2.45, 2.75) is 45.3 Å². The van der Waals surface area contributed by atoms with Crippen molar-refractivity contribution < 1.29 is 23.8 Å². The second kappa shape index (κ2) is 9.80. The molecule has 0 aliphatic carbocycles. The third kappa shape index (κ3) is 4.90. The zero-order valence-corrected chi connectivity index (χ0v) is 18.4. The van der Waals surface area contributed by atoms with E-state index >= 15 is 0 Å². The van der Waals surface area contributed by atoms with Gasteiger partial charge in [0.25, 0.3) is 5.91 Å². The molecular weight excluding hydrogens is 410 g/mol. The van der Waals surface area contributed by atoms with Crippen LogP contribution in [0.2, 0.25) is 0 Å². The van der Waals surface area contributed by atoms with Gasteiger partial charge in [-0.1, -0.05) is 26.0 Å². The molecule has 0 aromatic heterocycles. The Kier molecular flexibility index (Phi) is 6.68. The Balaban J connectivity index is 1.39. The van der Waals surface area contributed by atoms with Crippen LogP contribution in [0.25, 0.3) is 0 Å². The molecule has 0 bridgehead atoms. The van der Waals surface area contributed by atoms with Crippen LogP contribution in [0.4, 0.5) is 11.4 Å². The number of benzene rings is 2. The maximum atomic E-state index is 12.8. The first-order valence-corrected chi connectivity index (χ1v) is 11.1. The van der Waals surface area contributed by atoms with Gasteiger partial charge in [-0.25, -0.2) is 0 Å². The molecule has 2 aromatic rings. The predicted octanol–water partition coefficient (Wildman–Crippen LogP) is 3.32. The predicted molar refractivity (Wildman–Crippen MR) is 121 cm³/mol. The highest BCUT2D eigenvalue weighted by Gasteiger charge is 2.31. The van der Waals surface area contributed by atoms with Gasteiger partial charge in [0.1, 0.15) is 5.75 Å². The lowest BCUT2D eigenvalue weighted by Crippen LogP contribution is -2.51. The summed E-state index contributed by atoms with van der Waals surface area (Å²) in [6.45, 7) is 5.15. The summed E-state index contributed by atoms with van der Waals surface area (Å²) in [6, 6.07) is 13.0. The molecule has 2 aromatic carbocycles. The number of ether oxygens (including phenoxy) is 3. The first-order valence-electron chi connectivity index (χ1n) is 11.1. The number of nitrogens with zero attached hydrogens (tertiary/aromatic N) is 1. The molecule has 8 heteroatoms. The van der Waals surface area contributed by atoms with E-state index in [2.05, 4.69) is 24.5 Å². The second-order valence-corrected chi connectivity index (χ2v) is 7.91. The van der Waals surface area contributed by atoms with Gasteiger partial charge in [-0.15, -0.1) is 0 Å². The minimum atomic E-state index is -0.623. The van der Waals surface area contributed by atoms with E-state index in [4.69, 9.17) is 14.2 Å². The van der Waals surface area contributed by atoms with Crippen LogP contribution in [-0.2, 0) is 9.59 Å². The summed E-state index contributed by atoms with van der Waals surface area (Å²) in [5.41, 5.74) is 1.54. The van der Waals surface area contributed by atoms with Crippen molar-refractivity contribution in [2.24, 2.45) is 0 Å². The smallest absolute Gasteiger partial charge is 0.263 e. The Hall–Kier alpha value is -3.42. The molecule has 4 rings (SSSR count). The highest BCUT2D eigenvalue weighted by molar-refractivity contribution is 5.91. The molecule has 0 saturated carbocycles. The maximum Gasteiger partial charge on any atom is 0.263 e. The maximum absolute atomic E-state index is 12.8. The van der Waals surface area contributed by atoms with Crippen LogP contribution in [0.15, 0.2) is 42.5 Å². The standard InChI is InChI=1S/C24H29N3O5/c1-3-16(4-2)26-24(29)22-14-27(18-7-5-6-8-19(18)32-22)12-11-23(28)25-17-9-10-20-21(13-17)31-15-30-20/h5-10,13,16,22H,3-4,11-12,14-15H2,1-2H3,(H,25,28)(H,26,29). The second-order valence-electron chi connectivity index (χ2n) is 7.91. The molecule has 32 heavy (non-hydrogen) atoms. The Labute approximate surface area is 187 Å². The van der Waals surface area contributed by atoms with Crippen molar-refractivity contribution >= 4 is 23.2 Å². The van der Waals surface area contributed by atoms with E-state index in [1.807, 2.05) is 29.2 Å². The molecule has 2 aliphatic rings. The lowest BCUT2D eigenvalue weighted by molar-refractivity contribution is -0.128. The van der Waals surface area contributed by atoms with Gasteiger partial charge < -0.3 is 29.7 Å². The van der Waals surface area contributed by atoms with Gasteiger partial charge in [-0.3, -0.25) is 9.59 Å². The Morgan fingerprint density at radius 1 is 1.06 bits per heavy atom. The summed E-state index contributed by atoms with van der Waals surface area (Å²) in [7, 11) is 0. The molecule has 8 nitrogen and oxygen atoms in total. The van der Waals surface area contributed by atoms with E-state index in [1.54, 1.807) is 18.2 Å². The van der Waals surface area contributed by atoms with Crippen LogP contribution >= 0.6 is 0 Å². The van der Waals surface area contributed by atoms with Gasteiger partial charge in [-0.05, 0) is 37.1 Å². The molecule has 1 atom stereocenters. The third-order valence-electron chi connectivity index (χ3n) is 5.75. The highest BCUT2D eigenvalue weighted by Crippen LogP contribution is 2.35. The first-order chi connectivity index (χ1) is 15.6. The number of amides is 2. The minimum absolute atomic E-state index is 0.120. The number of nitrogens with one attached hydrogen (secondary N) is 2. The average molecular weight is 440 g/mol. The molecule has 170 valence electrons. The van der Waals surface area contributed by atoms with Crippen LogP contribution < -0.4 is 29.7 Å². The number of carbonyl (C=O) groups excluding carboxylic acids is 2. The number of fused-ring (bicyclic) bond motifs is 2. The monoisotopic (exact) mass is 439 g/mol. The summed E-state index contributed by atoms with van der Waals surface area (Å²) in [6.07, 6.45) is 1.39. The van der Waals surface area contributed by atoms with Crippen molar-refractivity contribution in [3.63, 3.8) is 0 Å². The topological polar surface area (TPSA) is 89.1 Å². The van der Waals surface area contributed by atoms with E-state index < -0.39 is 6.10 Å². The van der Waals surface area contributed by atoms with Crippen molar-refractivity contribution in [1.82, 2.24) is 5.32 Å². The fraction of sp³-hybridized carbons (Fsp3) is 0.417. The Morgan fingerprint density at radius 3 is 2.66 bits per heavy atom. The number of para-hydroxylation sites is 2. The quantitative estimate of drug-likeness (QED) is 0.656. The summed E-state index contributed by atoms with van der Waals surface area (Å²) >= 11 is 0. The summed E-state index contributed by atoms with van der Waals surface area (Å²) in [5, 5.41) is 5.96. The van der Waals surface area contributed by atoms with Crippen molar-refractivity contribution in [3.8, 4) is 17.2 Å². The lowest BCUT2D eigenvalue weighted by Gasteiger charge is -2.36. The normalized spacial score (nSPS) is 16.3. The van der Waals surface area contributed by atoms with E-state index in [9.17, 15) is 9.59 Å². The van der Waals surface area contributed by atoms with Crippen molar-refractivity contribution in [1.29, 1.82) is 0 Å². The number of hydrogen-bond acceptors (Lipinski definition) is 6. The third-order valence-corrected chi connectivity index (χ3v) is 5.75. The van der Waals surface area contributed by atoms with E-state index in [0.717, 1.165) is 18.5 Å². The fourth-order valence-electron chi connectivity index (χ4n) is 3.88. The molecule has 0 saturated heterocycles. The minimum Gasteiger partial charge on any atom is -0.477 e. The molecule has 2 heterocycles. The van der Waals surface area contributed by atoms with Gasteiger partial charge in [0.05, 0.1) is 12.2 Å². The summed E-state index contributed by atoms with van der Waals surface area (Å²) < 4.78 is 16.6. The SMILES string of the molecule is CCC(CC)NC(=O)C1CN(CCC(=O)Nc2ccc3c(c2)OCO3)c2ccccc2O1. The molecule has 2 aliphatic heterocycles. The largest absolute Gasteiger partial charge is 0.477 e. The van der Waals surface area contributed by atoms with Crippen LogP contribution in [0, 0.1) is 0 Å². The Bertz CT molecular complexity index is 976. The number of hydrogen-bond donors (Lipinski definition) is 2. The summed E-state index contributed by atoms with van der Waals surface area (Å²) in [5.74, 6) is 1.70.